The van der Waals surface area contributed by atoms with E-state index < -0.39 is 5.97 Å². The molecule has 3 nitrogen and oxygen atoms in total. The summed E-state index contributed by atoms with van der Waals surface area (Å²) in [7, 11) is 0. The van der Waals surface area contributed by atoms with Gasteiger partial charge in [-0.2, -0.15) is 5.26 Å². The fourth-order valence-corrected chi connectivity index (χ4v) is 1.78. The number of nitriles is 1. The second-order valence-electron chi connectivity index (χ2n) is 2.88. The molecule has 1 aromatic carbocycles. The Morgan fingerprint density at radius 1 is 1.64 bits per heavy atom. The number of benzene rings is 1. The SMILES string of the molecule is Cc1cc(C#N)cc(CBr)c1C(=O)O. The minimum Gasteiger partial charge on any atom is -0.478 e. The number of rotatable bonds is 2. The molecule has 0 radical (unpaired) electrons. The van der Waals surface area contributed by atoms with Crippen molar-refractivity contribution < 1.29 is 9.90 Å². The summed E-state index contributed by atoms with van der Waals surface area (Å²) in [5.74, 6) is -0.957. The Morgan fingerprint density at radius 3 is 2.71 bits per heavy atom. The van der Waals surface area contributed by atoms with E-state index in [0.29, 0.717) is 22.0 Å². The normalized spacial score (nSPS) is 9.50. The minimum absolute atomic E-state index is 0.279. The van der Waals surface area contributed by atoms with Crippen LogP contribution in [-0.2, 0) is 5.33 Å². The van der Waals surface area contributed by atoms with Crippen molar-refractivity contribution in [3.8, 4) is 6.07 Å². The molecule has 0 atom stereocenters. The van der Waals surface area contributed by atoms with Crippen LogP contribution < -0.4 is 0 Å². The standard InChI is InChI=1S/C10H8BrNO2/c1-6-2-7(5-12)3-8(4-11)9(6)10(13)14/h2-3H,4H2,1H3,(H,13,14). The molecule has 0 aliphatic carbocycles. The maximum Gasteiger partial charge on any atom is 0.336 e. The highest BCUT2D eigenvalue weighted by Gasteiger charge is 2.13. The summed E-state index contributed by atoms with van der Waals surface area (Å²) in [5.41, 5.74) is 2.02. The van der Waals surface area contributed by atoms with Crippen LogP contribution in [0.15, 0.2) is 12.1 Å². The Labute approximate surface area is 90.1 Å². The van der Waals surface area contributed by atoms with Crippen LogP contribution in [-0.4, -0.2) is 11.1 Å². The summed E-state index contributed by atoms with van der Waals surface area (Å²) >= 11 is 3.20. The Morgan fingerprint density at radius 2 is 2.29 bits per heavy atom. The Balaban J connectivity index is 3.44. The molecule has 0 fully saturated rings. The Hall–Kier alpha value is -1.34. The molecular formula is C10H8BrNO2. The fourth-order valence-electron chi connectivity index (χ4n) is 1.34. The van der Waals surface area contributed by atoms with Crippen LogP contribution in [0.5, 0.6) is 0 Å². The van der Waals surface area contributed by atoms with E-state index in [1.54, 1.807) is 19.1 Å². The molecule has 0 aliphatic rings. The van der Waals surface area contributed by atoms with Gasteiger partial charge in [-0.3, -0.25) is 0 Å². The average molecular weight is 254 g/mol. The second-order valence-corrected chi connectivity index (χ2v) is 3.44. The van der Waals surface area contributed by atoms with E-state index >= 15 is 0 Å². The lowest BCUT2D eigenvalue weighted by molar-refractivity contribution is 0.0695. The van der Waals surface area contributed by atoms with Crippen LogP contribution in [0.1, 0.15) is 27.0 Å². The van der Waals surface area contributed by atoms with Gasteiger partial charge in [0.1, 0.15) is 0 Å². The van der Waals surface area contributed by atoms with Gasteiger partial charge in [0, 0.05) is 5.33 Å². The first-order chi connectivity index (χ1) is 6.60. The van der Waals surface area contributed by atoms with Crippen LogP contribution in [0.4, 0.5) is 0 Å². The monoisotopic (exact) mass is 253 g/mol. The van der Waals surface area contributed by atoms with Crippen LogP contribution >= 0.6 is 15.9 Å². The molecule has 1 N–H and O–H groups in total. The molecule has 0 amide bonds. The fraction of sp³-hybridized carbons (Fsp3) is 0.200. The van der Waals surface area contributed by atoms with Crippen LogP contribution in [0.3, 0.4) is 0 Å². The minimum atomic E-state index is -0.957. The number of nitrogens with zero attached hydrogens (tertiary/aromatic N) is 1. The highest BCUT2D eigenvalue weighted by Crippen LogP contribution is 2.19. The molecular weight excluding hydrogens is 246 g/mol. The van der Waals surface area contributed by atoms with Gasteiger partial charge >= 0.3 is 5.97 Å². The van der Waals surface area contributed by atoms with Gasteiger partial charge in [-0.25, -0.2) is 4.79 Å². The van der Waals surface area contributed by atoms with Gasteiger partial charge in [0.25, 0.3) is 0 Å². The molecule has 72 valence electrons. The van der Waals surface area contributed by atoms with Gasteiger partial charge in [0.15, 0.2) is 0 Å². The van der Waals surface area contributed by atoms with Crippen molar-refractivity contribution in [2.45, 2.75) is 12.3 Å². The van der Waals surface area contributed by atoms with Crippen molar-refractivity contribution in [1.82, 2.24) is 0 Å². The molecule has 4 heteroatoms. The first-order valence-corrected chi connectivity index (χ1v) is 5.05. The van der Waals surface area contributed by atoms with Gasteiger partial charge in [0.2, 0.25) is 0 Å². The molecule has 1 aromatic rings. The number of hydrogen-bond acceptors (Lipinski definition) is 2. The highest BCUT2D eigenvalue weighted by atomic mass is 79.9. The summed E-state index contributed by atoms with van der Waals surface area (Å²) in [6.45, 7) is 1.69. The lowest BCUT2D eigenvalue weighted by Gasteiger charge is -2.06. The predicted octanol–water partition coefficient (Wildman–Crippen LogP) is 2.46. The van der Waals surface area contributed by atoms with Crippen molar-refractivity contribution in [3.05, 3.63) is 34.4 Å². The smallest absolute Gasteiger partial charge is 0.336 e. The lowest BCUT2D eigenvalue weighted by Crippen LogP contribution is -2.04. The third-order valence-electron chi connectivity index (χ3n) is 1.90. The summed E-state index contributed by atoms with van der Waals surface area (Å²) in [4.78, 5) is 10.9. The zero-order chi connectivity index (χ0) is 10.7. The predicted molar refractivity (Wildman–Crippen MR) is 55.5 cm³/mol. The summed E-state index contributed by atoms with van der Waals surface area (Å²) in [5, 5.41) is 18.1. The van der Waals surface area contributed by atoms with Crippen LogP contribution in [0, 0.1) is 18.3 Å². The first-order valence-electron chi connectivity index (χ1n) is 3.93. The average Bonchev–Trinajstić information content (AvgIpc) is 2.15. The number of alkyl halides is 1. The third-order valence-corrected chi connectivity index (χ3v) is 2.51. The number of aromatic carboxylic acids is 1. The van der Waals surface area contributed by atoms with Crippen LogP contribution in [0.25, 0.3) is 0 Å². The van der Waals surface area contributed by atoms with E-state index in [4.69, 9.17) is 10.4 Å². The van der Waals surface area contributed by atoms with E-state index in [0.717, 1.165) is 0 Å². The Kier molecular flexibility index (Phi) is 3.26. The molecule has 14 heavy (non-hydrogen) atoms. The van der Waals surface area contributed by atoms with E-state index in [1.807, 2.05) is 6.07 Å². The highest BCUT2D eigenvalue weighted by molar-refractivity contribution is 9.08. The van der Waals surface area contributed by atoms with Gasteiger partial charge in [0.05, 0.1) is 17.2 Å². The molecule has 0 saturated heterocycles. The van der Waals surface area contributed by atoms with Crippen molar-refractivity contribution in [2.75, 3.05) is 0 Å². The van der Waals surface area contributed by atoms with Gasteiger partial charge in [-0.15, -0.1) is 0 Å². The second kappa shape index (κ2) is 4.25. The molecule has 0 heterocycles. The van der Waals surface area contributed by atoms with Crippen LogP contribution in [0.2, 0.25) is 0 Å². The lowest BCUT2D eigenvalue weighted by atomic mass is 10.00. The molecule has 0 spiro atoms. The van der Waals surface area contributed by atoms with Crippen molar-refractivity contribution >= 4 is 21.9 Å². The summed E-state index contributed by atoms with van der Waals surface area (Å²) in [6.07, 6.45) is 0. The number of carboxylic acid groups (broad SMARTS) is 1. The molecule has 0 aromatic heterocycles. The van der Waals surface area contributed by atoms with Gasteiger partial charge < -0.3 is 5.11 Å². The zero-order valence-corrected chi connectivity index (χ0v) is 9.13. The van der Waals surface area contributed by atoms with Crippen molar-refractivity contribution in [1.29, 1.82) is 5.26 Å². The number of halogens is 1. The van der Waals surface area contributed by atoms with E-state index in [9.17, 15) is 4.79 Å². The molecule has 0 bridgehead atoms. The maximum atomic E-state index is 10.9. The number of carbonyl (C=O) groups is 1. The number of aryl methyl sites for hydroxylation is 1. The maximum absolute atomic E-state index is 10.9. The van der Waals surface area contributed by atoms with Gasteiger partial charge in [-0.05, 0) is 30.2 Å². The van der Waals surface area contributed by atoms with Crippen molar-refractivity contribution in [2.24, 2.45) is 0 Å². The first kappa shape index (κ1) is 10.7. The molecule has 1 rings (SSSR count). The van der Waals surface area contributed by atoms with E-state index in [-0.39, 0.29) is 5.56 Å². The zero-order valence-electron chi connectivity index (χ0n) is 7.54. The van der Waals surface area contributed by atoms with E-state index in [2.05, 4.69) is 15.9 Å². The topological polar surface area (TPSA) is 61.1 Å². The molecule has 0 aliphatic heterocycles. The molecule has 0 unspecified atom stereocenters. The number of hydrogen-bond donors (Lipinski definition) is 1. The largest absolute Gasteiger partial charge is 0.478 e. The third kappa shape index (κ3) is 1.94. The Bertz CT molecular complexity index is 421. The number of carboxylic acids is 1. The summed E-state index contributed by atoms with van der Waals surface area (Å²) < 4.78 is 0. The molecule has 0 saturated carbocycles. The quantitative estimate of drug-likeness (QED) is 0.824. The summed E-state index contributed by atoms with van der Waals surface area (Å²) in [6, 6.07) is 5.16. The van der Waals surface area contributed by atoms with E-state index in [1.165, 1.54) is 0 Å². The van der Waals surface area contributed by atoms with Gasteiger partial charge in [-0.1, -0.05) is 15.9 Å². The van der Waals surface area contributed by atoms with Crippen molar-refractivity contribution in [3.63, 3.8) is 0 Å².